The second-order valence-electron chi connectivity index (χ2n) is 5.70. The largest absolute Gasteiger partial charge is 0.309 e. The van der Waals surface area contributed by atoms with E-state index in [1.165, 1.54) is 15.3 Å². The van der Waals surface area contributed by atoms with Crippen molar-refractivity contribution in [2.24, 2.45) is 0 Å². The van der Waals surface area contributed by atoms with Gasteiger partial charge in [0.25, 0.3) is 0 Å². The van der Waals surface area contributed by atoms with Crippen LogP contribution in [0.4, 0.5) is 0 Å². The standard InChI is InChI=1S/C15H25NO2S2/c1-4-8-16-15(13-10-11(2)19-12(13)3)14-7-5-6-9-20(14,17)18/h10,14-16H,4-9H2,1-3H3. The maximum atomic E-state index is 12.4. The zero-order valence-corrected chi connectivity index (χ0v) is 14.2. The van der Waals surface area contributed by atoms with E-state index >= 15 is 0 Å². The maximum absolute atomic E-state index is 12.4. The van der Waals surface area contributed by atoms with E-state index in [0.717, 1.165) is 32.2 Å². The smallest absolute Gasteiger partial charge is 0.155 e. The van der Waals surface area contributed by atoms with Gasteiger partial charge in [-0.05, 0) is 51.3 Å². The van der Waals surface area contributed by atoms with Gasteiger partial charge in [0.05, 0.1) is 17.0 Å². The second-order valence-corrected chi connectivity index (χ2v) is 9.50. The molecule has 0 radical (unpaired) electrons. The average molecular weight is 316 g/mol. The van der Waals surface area contributed by atoms with E-state index in [2.05, 4.69) is 32.2 Å². The van der Waals surface area contributed by atoms with E-state index in [-0.39, 0.29) is 11.3 Å². The van der Waals surface area contributed by atoms with Gasteiger partial charge < -0.3 is 5.32 Å². The third-order valence-electron chi connectivity index (χ3n) is 4.03. The van der Waals surface area contributed by atoms with Gasteiger partial charge in [-0.15, -0.1) is 11.3 Å². The van der Waals surface area contributed by atoms with Gasteiger partial charge in [-0.3, -0.25) is 0 Å². The highest BCUT2D eigenvalue weighted by molar-refractivity contribution is 7.92. The van der Waals surface area contributed by atoms with Gasteiger partial charge in [0.1, 0.15) is 0 Å². The van der Waals surface area contributed by atoms with Crippen LogP contribution in [0.15, 0.2) is 6.07 Å². The van der Waals surface area contributed by atoms with E-state index in [9.17, 15) is 8.42 Å². The predicted octanol–water partition coefficient (Wildman–Crippen LogP) is 3.37. The van der Waals surface area contributed by atoms with Crippen LogP contribution < -0.4 is 5.32 Å². The highest BCUT2D eigenvalue weighted by Crippen LogP contribution is 2.35. The summed E-state index contributed by atoms with van der Waals surface area (Å²) >= 11 is 1.76. The van der Waals surface area contributed by atoms with Crippen LogP contribution in [0.25, 0.3) is 0 Å². The molecule has 1 saturated heterocycles. The lowest BCUT2D eigenvalue weighted by atomic mass is 9.99. The molecule has 1 aliphatic heterocycles. The Morgan fingerprint density at radius 1 is 1.40 bits per heavy atom. The van der Waals surface area contributed by atoms with Crippen molar-refractivity contribution in [1.29, 1.82) is 0 Å². The molecule has 0 amide bonds. The van der Waals surface area contributed by atoms with E-state index in [0.29, 0.717) is 5.75 Å². The minimum atomic E-state index is -2.97. The first-order chi connectivity index (χ1) is 9.45. The number of hydrogen-bond acceptors (Lipinski definition) is 4. The number of aryl methyl sites for hydroxylation is 2. The molecule has 1 N–H and O–H groups in total. The Morgan fingerprint density at radius 2 is 2.15 bits per heavy atom. The molecule has 3 nitrogen and oxygen atoms in total. The fourth-order valence-corrected chi connectivity index (χ4v) is 6.12. The summed E-state index contributed by atoms with van der Waals surface area (Å²) in [5, 5.41) is 3.24. The first-order valence-electron chi connectivity index (χ1n) is 7.47. The quantitative estimate of drug-likeness (QED) is 0.906. The zero-order chi connectivity index (χ0) is 14.8. The molecule has 2 atom stereocenters. The van der Waals surface area contributed by atoms with Crippen LogP contribution in [0.2, 0.25) is 0 Å². The Morgan fingerprint density at radius 3 is 2.70 bits per heavy atom. The van der Waals surface area contributed by atoms with Crippen molar-refractivity contribution in [2.45, 2.75) is 57.7 Å². The third-order valence-corrected chi connectivity index (χ3v) is 7.30. The first-order valence-corrected chi connectivity index (χ1v) is 10.0. The highest BCUT2D eigenvalue weighted by Gasteiger charge is 2.37. The maximum Gasteiger partial charge on any atom is 0.155 e. The van der Waals surface area contributed by atoms with Gasteiger partial charge >= 0.3 is 0 Å². The molecule has 0 aliphatic carbocycles. The van der Waals surface area contributed by atoms with Crippen LogP contribution in [-0.4, -0.2) is 26.0 Å². The van der Waals surface area contributed by atoms with E-state index < -0.39 is 9.84 Å². The molecule has 5 heteroatoms. The summed E-state index contributed by atoms with van der Waals surface area (Å²) in [6.07, 6.45) is 3.65. The van der Waals surface area contributed by atoms with Gasteiger partial charge in [0, 0.05) is 9.75 Å². The SMILES string of the molecule is CCCNC(c1cc(C)sc1C)C1CCCCS1(=O)=O. The Balaban J connectivity index is 2.34. The van der Waals surface area contributed by atoms with Crippen molar-refractivity contribution >= 4 is 21.2 Å². The molecule has 1 aromatic rings. The van der Waals surface area contributed by atoms with Crippen molar-refractivity contribution in [3.05, 3.63) is 21.4 Å². The fourth-order valence-electron chi connectivity index (χ4n) is 3.05. The third kappa shape index (κ3) is 3.43. The average Bonchev–Trinajstić information content (AvgIpc) is 2.70. The van der Waals surface area contributed by atoms with Crippen LogP contribution in [-0.2, 0) is 9.84 Å². The Hall–Kier alpha value is -0.390. The van der Waals surface area contributed by atoms with Gasteiger partial charge in [0.15, 0.2) is 9.84 Å². The van der Waals surface area contributed by atoms with E-state index in [1.807, 2.05) is 0 Å². The van der Waals surface area contributed by atoms with E-state index in [4.69, 9.17) is 0 Å². The van der Waals surface area contributed by atoms with Crippen molar-refractivity contribution in [2.75, 3.05) is 12.3 Å². The normalized spacial score (nSPS) is 23.6. The summed E-state index contributed by atoms with van der Waals surface area (Å²) in [6, 6.07) is 2.13. The lowest BCUT2D eigenvalue weighted by Gasteiger charge is -2.31. The summed E-state index contributed by atoms with van der Waals surface area (Å²) in [4.78, 5) is 2.51. The molecule has 0 saturated carbocycles. The molecular formula is C15H25NO2S2. The molecule has 2 unspecified atom stereocenters. The monoisotopic (exact) mass is 315 g/mol. The van der Waals surface area contributed by atoms with E-state index in [1.54, 1.807) is 11.3 Å². The zero-order valence-electron chi connectivity index (χ0n) is 12.6. The van der Waals surface area contributed by atoms with Crippen LogP contribution in [0.3, 0.4) is 0 Å². The first kappa shape index (κ1) is 16.0. The van der Waals surface area contributed by atoms with Crippen LogP contribution in [0, 0.1) is 13.8 Å². The molecule has 1 fully saturated rings. The van der Waals surface area contributed by atoms with Crippen LogP contribution in [0.5, 0.6) is 0 Å². The number of thiophene rings is 1. The summed E-state index contributed by atoms with van der Waals surface area (Å²) in [5.41, 5.74) is 1.19. The summed E-state index contributed by atoms with van der Waals surface area (Å²) in [7, 11) is -2.97. The Bertz CT molecular complexity index is 548. The summed E-state index contributed by atoms with van der Waals surface area (Å²) in [6.45, 7) is 7.17. The molecule has 0 spiro atoms. The van der Waals surface area contributed by atoms with Crippen molar-refractivity contribution in [3.8, 4) is 0 Å². The topological polar surface area (TPSA) is 46.2 Å². The molecular weight excluding hydrogens is 290 g/mol. The molecule has 1 aliphatic rings. The predicted molar refractivity (Wildman–Crippen MR) is 86.3 cm³/mol. The molecule has 2 rings (SSSR count). The van der Waals surface area contributed by atoms with Crippen LogP contribution >= 0.6 is 11.3 Å². The van der Waals surface area contributed by atoms with Crippen molar-refractivity contribution in [3.63, 3.8) is 0 Å². The minimum absolute atomic E-state index is 0.0369. The number of rotatable bonds is 5. The van der Waals surface area contributed by atoms with Gasteiger partial charge in [0.2, 0.25) is 0 Å². The lowest BCUT2D eigenvalue weighted by molar-refractivity contribution is 0.446. The van der Waals surface area contributed by atoms with Crippen molar-refractivity contribution < 1.29 is 8.42 Å². The summed E-state index contributed by atoms with van der Waals surface area (Å²) in [5.74, 6) is 0.351. The highest BCUT2D eigenvalue weighted by atomic mass is 32.2. The second kappa shape index (κ2) is 6.58. The lowest BCUT2D eigenvalue weighted by Crippen LogP contribution is -2.41. The Kier molecular flexibility index (Phi) is 5.26. The van der Waals surface area contributed by atoms with Crippen LogP contribution in [0.1, 0.15) is 54.0 Å². The number of nitrogens with one attached hydrogen (secondary N) is 1. The van der Waals surface area contributed by atoms with Gasteiger partial charge in [-0.1, -0.05) is 13.3 Å². The van der Waals surface area contributed by atoms with Gasteiger partial charge in [-0.25, -0.2) is 8.42 Å². The molecule has 114 valence electrons. The van der Waals surface area contributed by atoms with Gasteiger partial charge in [-0.2, -0.15) is 0 Å². The molecule has 2 heterocycles. The van der Waals surface area contributed by atoms with Crippen molar-refractivity contribution in [1.82, 2.24) is 5.32 Å². The fraction of sp³-hybridized carbons (Fsp3) is 0.733. The summed E-state index contributed by atoms with van der Waals surface area (Å²) < 4.78 is 24.9. The molecule has 20 heavy (non-hydrogen) atoms. The molecule has 0 bridgehead atoms. The minimum Gasteiger partial charge on any atom is -0.309 e. The molecule has 1 aromatic heterocycles. The Labute approximate surface area is 126 Å². The number of hydrogen-bond donors (Lipinski definition) is 1. The molecule has 0 aromatic carbocycles. The number of sulfone groups is 1.